The molecular formula is C11H8ClN3S. The maximum absolute atomic E-state index is 6.33. The zero-order chi connectivity index (χ0) is 11.0. The van der Waals surface area contributed by atoms with Crippen LogP contribution < -0.4 is 0 Å². The molecule has 2 aromatic heterocycles. The lowest BCUT2D eigenvalue weighted by Crippen LogP contribution is -1.93. The highest BCUT2D eigenvalue weighted by Gasteiger charge is 2.09. The van der Waals surface area contributed by atoms with Crippen LogP contribution in [0.2, 0.25) is 5.02 Å². The summed E-state index contributed by atoms with van der Waals surface area (Å²) in [5.41, 5.74) is 0. The Morgan fingerprint density at radius 3 is 2.69 bits per heavy atom. The van der Waals surface area contributed by atoms with Crippen molar-refractivity contribution in [3.05, 3.63) is 46.8 Å². The Morgan fingerprint density at radius 2 is 1.94 bits per heavy atom. The molecule has 3 nitrogen and oxygen atoms in total. The van der Waals surface area contributed by atoms with Crippen LogP contribution in [0.5, 0.6) is 0 Å². The number of benzene rings is 1. The van der Waals surface area contributed by atoms with Crippen molar-refractivity contribution in [2.75, 3.05) is 0 Å². The first-order valence-corrected chi connectivity index (χ1v) is 6.02. The predicted molar refractivity (Wildman–Crippen MR) is 66.0 cm³/mol. The molecule has 3 aromatic rings. The summed E-state index contributed by atoms with van der Waals surface area (Å²) in [6.07, 6.45) is 3.39. The summed E-state index contributed by atoms with van der Waals surface area (Å²) >= 11 is 8.04. The lowest BCUT2D eigenvalue weighted by molar-refractivity contribution is 0.807. The largest absolute Gasteiger partial charge is 0.315 e. The summed E-state index contributed by atoms with van der Waals surface area (Å²) in [6, 6.07) is 8.16. The van der Waals surface area contributed by atoms with Gasteiger partial charge in [-0.25, -0.2) is 0 Å². The first-order valence-electron chi connectivity index (χ1n) is 4.83. The number of fused-ring (bicyclic) bond motifs is 1. The topological polar surface area (TPSA) is 30.7 Å². The van der Waals surface area contributed by atoms with E-state index in [1.165, 1.54) is 4.70 Å². The van der Waals surface area contributed by atoms with E-state index in [-0.39, 0.29) is 0 Å². The summed E-state index contributed by atoms with van der Waals surface area (Å²) in [7, 11) is 0. The first kappa shape index (κ1) is 9.81. The molecular weight excluding hydrogens is 242 g/mol. The van der Waals surface area contributed by atoms with E-state index in [9.17, 15) is 0 Å². The molecule has 16 heavy (non-hydrogen) atoms. The zero-order valence-electron chi connectivity index (χ0n) is 8.30. The summed E-state index contributed by atoms with van der Waals surface area (Å²) in [5.74, 6) is 0. The Kier molecular flexibility index (Phi) is 2.38. The van der Waals surface area contributed by atoms with Crippen molar-refractivity contribution >= 4 is 33.0 Å². The van der Waals surface area contributed by atoms with Crippen LogP contribution in [0.4, 0.5) is 0 Å². The number of hydrogen-bond donors (Lipinski definition) is 0. The van der Waals surface area contributed by atoms with E-state index in [2.05, 4.69) is 16.3 Å². The quantitative estimate of drug-likeness (QED) is 0.698. The summed E-state index contributed by atoms with van der Waals surface area (Å²) in [6.45, 7) is 0.727. The van der Waals surface area contributed by atoms with Crippen molar-refractivity contribution < 1.29 is 0 Å². The zero-order valence-corrected chi connectivity index (χ0v) is 9.87. The fourth-order valence-electron chi connectivity index (χ4n) is 1.64. The fraction of sp³-hybridized carbons (Fsp3) is 0.0909. The van der Waals surface area contributed by atoms with Crippen molar-refractivity contribution in [3.8, 4) is 0 Å². The molecule has 0 radical (unpaired) electrons. The van der Waals surface area contributed by atoms with Gasteiger partial charge in [0.25, 0.3) is 0 Å². The van der Waals surface area contributed by atoms with E-state index in [1.54, 1.807) is 24.0 Å². The summed E-state index contributed by atoms with van der Waals surface area (Å²) < 4.78 is 3.13. The Morgan fingerprint density at radius 1 is 1.19 bits per heavy atom. The number of aromatic nitrogens is 3. The minimum atomic E-state index is 0.727. The monoisotopic (exact) mass is 249 g/mol. The third kappa shape index (κ3) is 1.60. The molecule has 0 spiro atoms. The van der Waals surface area contributed by atoms with Gasteiger partial charge in [-0.2, -0.15) is 0 Å². The molecule has 0 N–H and O–H groups in total. The lowest BCUT2D eigenvalue weighted by Gasteiger charge is -1.97. The third-order valence-electron chi connectivity index (χ3n) is 2.39. The number of nitrogens with zero attached hydrogens (tertiary/aromatic N) is 3. The smallest absolute Gasteiger partial charge is 0.119 e. The Hall–Kier alpha value is -1.39. The van der Waals surface area contributed by atoms with Gasteiger partial charge in [-0.15, -0.1) is 21.5 Å². The van der Waals surface area contributed by atoms with Gasteiger partial charge in [0, 0.05) is 15.0 Å². The second kappa shape index (κ2) is 3.88. The number of thiophene rings is 1. The van der Waals surface area contributed by atoms with Gasteiger partial charge < -0.3 is 4.57 Å². The van der Waals surface area contributed by atoms with Gasteiger partial charge in [0.1, 0.15) is 12.7 Å². The lowest BCUT2D eigenvalue weighted by atomic mass is 10.2. The molecule has 5 heteroatoms. The van der Waals surface area contributed by atoms with Crippen molar-refractivity contribution in [2.24, 2.45) is 0 Å². The highest BCUT2D eigenvalue weighted by atomic mass is 35.5. The van der Waals surface area contributed by atoms with E-state index < -0.39 is 0 Å². The van der Waals surface area contributed by atoms with Crippen LogP contribution in [-0.2, 0) is 6.54 Å². The second-order valence-electron chi connectivity index (χ2n) is 3.47. The number of rotatable bonds is 2. The molecule has 0 aliphatic rings. The SMILES string of the molecule is Clc1c(Cn2cnnc2)sc2ccccc12. The van der Waals surface area contributed by atoms with Crippen LogP contribution >= 0.6 is 22.9 Å². The molecule has 1 aromatic carbocycles. The molecule has 0 unspecified atom stereocenters. The highest BCUT2D eigenvalue weighted by molar-refractivity contribution is 7.19. The number of halogens is 1. The van der Waals surface area contributed by atoms with Gasteiger partial charge in [-0.1, -0.05) is 29.8 Å². The molecule has 0 atom stereocenters. The van der Waals surface area contributed by atoms with E-state index in [0.717, 1.165) is 21.8 Å². The molecule has 0 aliphatic heterocycles. The molecule has 2 heterocycles. The molecule has 0 saturated heterocycles. The van der Waals surface area contributed by atoms with Crippen molar-refractivity contribution in [1.82, 2.24) is 14.8 Å². The minimum absolute atomic E-state index is 0.727. The second-order valence-corrected chi connectivity index (χ2v) is 4.98. The van der Waals surface area contributed by atoms with Gasteiger partial charge in [0.15, 0.2) is 0 Å². The van der Waals surface area contributed by atoms with Crippen LogP contribution in [0.25, 0.3) is 10.1 Å². The van der Waals surface area contributed by atoms with Gasteiger partial charge >= 0.3 is 0 Å². The van der Waals surface area contributed by atoms with Crippen molar-refractivity contribution in [2.45, 2.75) is 6.54 Å². The minimum Gasteiger partial charge on any atom is -0.315 e. The fourth-order valence-corrected chi connectivity index (χ4v) is 3.14. The van der Waals surface area contributed by atoms with Crippen molar-refractivity contribution in [1.29, 1.82) is 0 Å². The summed E-state index contributed by atoms with van der Waals surface area (Å²) in [5, 5.41) is 9.52. The standard InChI is InChI=1S/C11H8ClN3S/c12-11-8-3-1-2-4-9(8)16-10(11)5-15-6-13-14-7-15/h1-4,6-7H,5H2. The molecule has 0 saturated carbocycles. The van der Waals surface area contributed by atoms with Gasteiger partial charge in [-0.05, 0) is 6.07 Å². The molecule has 0 fully saturated rings. The Labute approximate surface area is 101 Å². The van der Waals surface area contributed by atoms with E-state index >= 15 is 0 Å². The van der Waals surface area contributed by atoms with E-state index in [1.807, 2.05) is 22.8 Å². The average molecular weight is 250 g/mol. The van der Waals surface area contributed by atoms with Crippen molar-refractivity contribution in [3.63, 3.8) is 0 Å². The first-order chi connectivity index (χ1) is 7.84. The predicted octanol–water partition coefficient (Wildman–Crippen LogP) is 3.19. The molecule has 0 bridgehead atoms. The molecule has 3 rings (SSSR count). The Bertz CT molecular complexity index is 615. The van der Waals surface area contributed by atoms with Crippen LogP contribution in [-0.4, -0.2) is 14.8 Å². The van der Waals surface area contributed by atoms with E-state index in [4.69, 9.17) is 11.6 Å². The maximum Gasteiger partial charge on any atom is 0.119 e. The maximum atomic E-state index is 6.33. The average Bonchev–Trinajstić information content (AvgIpc) is 2.90. The van der Waals surface area contributed by atoms with Crippen LogP contribution in [0, 0.1) is 0 Å². The third-order valence-corrected chi connectivity index (χ3v) is 4.09. The molecule has 0 aliphatic carbocycles. The van der Waals surface area contributed by atoms with Gasteiger partial charge in [-0.3, -0.25) is 0 Å². The number of hydrogen-bond acceptors (Lipinski definition) is 3. The molecule has 80 valence electrons. The molecule has 0 amide bonds. The van der Waals surface area contributed by atoms with E-state index in [0.29, 0.717) is 0 Å². The highest BCUT2D eigenvalue weighted by Crippen LogP contribution is 2.35. The van der Waals surface area contributed by atoms with Gasteiger partial charge in [0.2, 0.25) is 0 Å². The normalized spacial score (nSPS) is 11.1. The summed E-state index contributed by atoms with van der Waals surface area (Å²) in [4.78, 5) is 1.14. The Balaban J connectivity index is 2.07. The van der Waals surface area contributed by atoms with Crippen LogP contribution in [0.3, 0.4) is 0 Å². The van der Waals surface area contributed by atoms with Crippen LogP contribution in [0.15, 0.2) is 36.9 Å². The van der Waals surface area contributed by atoms with Crippen LogP contribution in [0.1, 0.15) is 4.88 Å². The van der Waals surface area contributed by atoms with Gasteiger partial charge in [0.05, 0.1) is 11.6 Å².